The molecule has 0 spiro atoms. The molecule has 2 aromatic rings. The Kier molecular flexibility index (Phi) is 2.71. The van der Waals surface area contributed by atoms with Crippen LogP contribution >= 0.6 is 0 Å². The molecule has 0 saturated carbocycles. The summed E-state index contributed by atoms with van der Waals surface area (Å²) in [4.78, 5) is 15.3. The van der Waals surface area contributed by atoms with Gasteiger partial charge in [0.2, 0.25) is 0 Å². The molecule has 1 saturated heterocycles. The summed E-state index contributed by atoms with van der Waals surface area (Å²) in [5.74, 6) is 0.132. The first-order valence-corrected chi connectivity index (χ1v) is 5.91. The summed E-state index contributed by atoms with van der Waals surface area (Å²) in [5, 5.41) is 13.3. The summed E-state index contributed by atoms with van der Waals surface area (Å²) in [6.07, 6.45) is 3.33. The molecule has 0 atom stereocenters. The van der Waals surface area contributed by atoms with Crippen LogP contribution in [-0.4, -0.2) is 38.9 Å². The molecule has 0 radical (unpaired) electrons. The maximum absolute atomic E-state index is 10.9. The summed E-state index contributed by atoms with van der Waals surface area (Å²) < 4.78 is 6.84. The zero-order valence-corrected chi connectivity index (χ0v) is 9.74. The third kappa shape index (κ3) is 1.95. The van der Waals surface area contributed by atoms with Gasteiger partial charge in [-0.05, 0) is 25.0 Å². The van der Waals surface area contributed by atoms with E-state index in [1.165, 1.54) is 10.7 Å². The molecule has 0 aromatic carbocycles. The molecule has 1 N–H and O–H groups in total. The van der Waals surface area contributed by atoms with Crippen LogP contribution in [0.15, 0.2) is 18.3 Å². The highest BCUT2D eigenvalue weighted by atomic mass is 16.5. The van der Waals surface area contributed by atoms with Crippen molar-refractivity contribution in [2.75, 3.05) is 13.2 Å². The van der Waals surface area contributed by atoms with Crippen LogP contribution in [-0.2, 0) is 4.74 Å². The highest BCUT2D eigenvalue weighted by molar-refractivity contribution is 5.87. The molecule has 6 heteroatoms. The number of carboxylic acid groups (broad SMARTS) is 1. The average Bonchev–Trinajstić information content (AvgIpc) is 2.82. The third-order valence-corrected chi connectivity index (χ3v) is 3.18. The third-order valence-electron chi connectivity index (χ3n) is 3.18. The minimum absolute atomic E-state index is 0.214. The fourth-order valence-corrected chi connectivity index (χ4v) is 2.16. The van der Waals surface area contributed by atoms with Crippen LogP contribution in [0.3, 0.4) is 0 Å². The molecule has 6 nitrogen and oxygen atoms in total. The standard InChI is InChI=1S/C12H13N3O3/c16-12(17)9-1-2-10-13-11(14-15(10)7-9)8-3-5-18-6-4-8/h1-2,7-8H,3-6H2,(H,16,17). The Hall–Kier alpha value is -1.95. The number of aromatic nitrogens is 3. The van der Waals surface area contributed by atoms with Crippen molar-refractivity contribution in [1.82, 2.24) is 14.6 Å². The van der Waals surface area contributed by atoms with Crippen molar-refractivity contribution in [2.45, 2.75) is 18.8 Å². The Morgan fingerprint density at radius 3 is 2.89 bits per heavy atom. The first-order valence-electron chi connectivity index (χ1n) is 5.91. The maximum Gasteiger partial charge on any atom is 0.337 e. The normalized spacial score (nSPS) is 17.1. The van der Waals surface area contributed by atoms with Crippen molar-refractivity contribution in [2.24, 2.45) is 0 Å². The van der Waals surface area contributed by atoms with Gasteiger partial charge in [0, 0.05) is 25.3 Å². The quantitative estimate of drug-likeness (QED) is 0.866. The molecule has 3 rings (SSSR count). The number of fused-ring (bicyclic) bond motifs is 1. The van der Waals surface area contributed by atoms with E-state index in [1.807, 2.05) is 0 Å². The van der Waals surface area contributed by atoms with E-state index in [0.717, 1.165) is 31.9 Å². The molecule has 94 valence electrons. The van der Waals surface area contributed by atoms with Crippen molar-refractivity contribution in [3.8, 4) is 0 Å². The molecule has 0 aliphatic carbocycles. The molecular formula is C12H13N3O3. The van der Waals surface area contributed by atoms with Gasteiger partial charge in [0.25, 0.3) is 0 Å². The van der Waals surface area contributed by atoms with Gasteiger partial charge in [0.15, 0.2) is 11.5 Å². The molecule has 1 aliphatic heterocycles. The minimum atomic E-state index is -0.958. The van der Waals surface area contributed by atoms with E-state index in [2.05, 4.69) is 10.1 Å². The molecule has 3 heterocycles. The van der Waals surface area contributed by atoms with Crippen LogP contribution in [0.2, 0.25) is 0 Å². The zero-order chi connectivity index (χ0) is 12.5. The highest BCUT2D eigenvalue weighted by Gasteiger charge is 2.20. The monoisotopic (exact) mass is 247 g/mol. The van der Waals surface area contributed by atoms with Crippen LogP contribution in [0.25, 0.3) is 5.65 Å². The number of nitrogens with zero attached hydrogens (tertiary/aromatic N) is 3. The molecule has 0 amide bonds. The fourth-order valence-electron chi connectivity index (χ4n) is 2.16. The van der Waals surface area contributed by atoms with Crippen molar-refractivity contribution >= 4 is 11.6 Å². The van der Waals surface area contributed by atoms with Gasteiger partial charge in [-0.1, -0.05) is 0 Å². The predicted molar refractivity (Wildman–Crippen MR) is 62.7 cm³/mol. The Balaban J connectivity index is 1.97. The Labute approximate surface area is 103 Å². The van der Waals surface area contributed by atoms with Gasteiger partial charge in [-0.2, -0.15) is 5.10 Å². The molecule has 18 heavy (non-hydrogen) atoms. The SMILES string of the molecule is O=C(O)c1ccc2nc(C3CCOCC3)nn2c1. The topological polar surface area (TPSA) is 76.7 Å². The number of aromatic carboxylic acids is 1. The summed E-state index contributed by atoms with van der Waals surface area (Å²) in [6, 6.07) is 3.22. The molecule has 0 bridgehead atoms. The Bertz CT molecular complexity index is 587. The molecule has 1 aliphatic rings. The van der Waals surface area contributed by atoms with E-state index in [4.69, 9.17) is 9.84 Å². The summed E-state index contributed by atoms with van der Waals surface area (Å²) in [6.45, 7) is 1.47. The van der Waals surface area contributed by atoms with E-state index in [1.54, 1.807) is 12.1 Å². The molecule has 1 fully saturated rings. The lowest BCUT2D eigenvalue weighted by Crippen LogP contribution is -2.15. The summed E-state index contributed by atoms with van der Waals surface area (Å²) >= 11 is 0. The second-order valence-corrected chi connectivity index (χ2v) is 4.38. The predicted octanol–water partition coefficient (Wildman–Crippen LogP) is 1.32. The summed E-state index contributed by atoms with van der Waals surface area (Å²) in [7, 11) is 0. The van der Waals surface area contributed by atoms with Gasteiger partial charge < -0.3 is 9.84 Å². The number of rotatable bonds is 2. The van der Waals surface area contributed by atoms with Gasteiger partial charge in [0.1, 0.15) is 0 Å². The van der Waals surface area contributed by atoms with Crippen molar-refractivity contribution < 1.29 is 14.6 Å². The van der Waals surface area contributed by atoms with Gasteiger partial charge in [0.05, 0.1) is 5.56 Å². The van der Waals surface area contributed by atoms with Crippen LogP contribution in [0, 0.1) is 0 Å². The fraction of sp³-hybridized carbons (Fsp3) is 0.417. The Morgan fingerprint density at radius 2 is 2.17 bits per heavy atom. The van der Waals surface area contributed by atoms with E-state index in [0.29, 0.717) is 11.6 Å². The smallest absolute Gasteiger partial charge is 0.337 e. The number of hydrogen-bond donors (Lipinski definition) is 1. The van der Waals surface area contributed by atoms with E-state index < -0.39 is 5.97 Å². The van der Waals surface area contributed by atoms with Gasteiger partial charge in [-0.3, -0.25) is 0 Å². The minimum Gasteiger partial charge on any atom is -0.478 e. The van der Waals surface area contributed by atoms with Crippen LogP contribution in [0.5, 0.6) is 0 Å². The molecule has 2 aromatic heterocycles. The van der Waals surface area contributed by atoms with Crippen LogP contribution in [0.1, 0.15) is 34.9 Å². The highest BCUT2D eigenvalue weighted by Crippen LogP contribution is 2.24. The number of pyridine rings is 1. The molecular weight excluding hydrogens is 234 g/mol. The second kappa shape index (κ2) is 4.38. The molecule has 0 unspecified atom stereocenters. The number of ether oxygens (including phenoxy) is 1. The van der Waals surface area contributed by atoms with E-state index in [9.17, 15) is 4.79 Å². The number of carbonyl (C=O) groups is 1. The van der Waals surface area contributed by atoms with Crippen molar-refractivity contribution in [3.05, 3.63) is 29.7 Å². The lowest BCUT2D eigenvalue weighted by atomic mass is 10.00. The van der Waals surface area contributed by atoms with Crippen LogP contribution < -0.4 is 0 Å². The van der Waals surface area contributed by atoms with E-state index in [-0.39, 0.29) is 5.56 Å². The largest absolute Gasteiger partial charge is 0.478 e. The lowest BCUT2D eigenvalue weighted by Gasteiger charge is -2.18. The maximum atomic E-state index is 10.9. The van der Waals surface area contributed by atoms with Gasteiger partial charge in [-0.25, -0.2) is 14.3 Å². The Morgan fingerprint density at radius 1 is 1.39 bits per heavy atom. The lowest BCUT2D eigenvalue weighted by molar-refractivity contribution is 0.0696. The summed E-state index contributed by atoms with van der Waals surface area (Å²) in [5.41, 5.74) is 0.896. The van der Waals surface area contributed by atoms with Crippen molar-refractivity contribution in [3.63, 3.8) is 0 Å². The van der Waals surface area contributed by atoms with E-state index >= 15 is 0 Å². The zero-order valence-electron chi connectivity index (χ0n) is 9.74. The number of carboxylic acids is 1. The van der Waals surface area contributed by atoms with Gasteiger partial charge >= 0.3 is 5.97 Å². The van der Waals surface area contributed by atoms with Crippen molar-refractivity contribution in [1.29, 1.82) is 0 Å². The average molecular weight is 247 g/mol. The first kappa shape index (κ1) is 11.2. The van der Waals surface area contributed by atoms with Crippen LogP contribution in [0.4, 0.5) is 0 Å². The van der Waals surface area contributed by atoms with Gasteiger partial charge in [-0.15, -0.1) is 0 Å². The number of hydrogen-bond acceptors (Lipinski definition) is 4. The second-order valence-electron chi connectivity index (χ2n) is 4.38. The first-order chi connectivity index (χ1) is 8.74.